The Labute approximate surface area is 112 Å². The Balaban J connectivity index is 1.76. The minimum Gasteiger partial charge on any atom is -0.376 e. The van der Waals surface area contributed by atoms with Crippen LogP contribution in [-0.4, -0.2) is 4.98 Å². The maximum Gasteiger partial charge on any atom is 0.0579 e. The van der Waals surface area contributed by atoms with Crippen molar-refractivity contribution in [2.45, 2.75) is 38.6 Å². The first-order chi connectivity index (χ1) is 8.83. The van der Waals surface area contributed by atoms with E-state index in [1.165, 1.54) is 30.6 Å². The number of nitrogens with zero attached hydrogens (tertiary/aromatic N) is 1. The molecule has 18 heavy (non-hydrogen) atoms. The summed E-state index contributed by atoms with van der Waals surface area (Å²) in [6.07, 6.45) is 8.94. The Morgan fingerprint density at radius 1 is 1.33 bits per heavy atom. The fraction of sp³-hybridized carbons (Fsp3) is 0.400. The van der Waals surface area contributed by atoms with E-state index in [0.29, 0.717) is 6.04 Å². The number of aryl methyl sites for hydroxylation is 2. The zero-order chi connectivity index (χ0) is 12.4. The van der Waals surface area contributed by atoms with Gasteiger partial charge >= 0.3 is 0 Å². The Morgan fingerprint density at radius 2 is 2.22 bits per heavy atom. The molecule has 0 saturated carbocycles. The van der Waals surface area contributed by atoms with Crippen molar-refractivity contribution >= 4 is 17.0 Å². The molecule has 2 aromatic heterocycles. The minimum atomic E-state index is 0.366. The van der Waals surface area contributed by atoms with E-state index >= 15 is 0 Å². The number of thiophene rings is 1. The van der Waals surface area contributed by atoms with E-state index in [0.717, 1.165) is 5.69 Å². The number of hydrogen-bond donors (Lipinski definition) is 1. The van der Waals surface area contributed by atoms with Gasteiger partial charge in [-0.05, 0) is 56.4 Å². The molecule has 2 nitrogen and oxygen atoms in total. The van der Waals surface area contributed by atoms with Crippen molar-refractivity contribution in [2.24, 2.45) is 0 Å². The van der Waals surface area contributed by atoms with Crippen LogP contribution >= 0.6 is 11.3 Å². The quantitative estimate of drug-likeness (QED) is 0.892. The summed E-state index contributed by atoms with van der Waals surface area (Å²) in [4.78, 5) is 7.19. The van der Waals surface area contributed by atoms with Crippen LogP contribution in [0.4, 0.5) is 5.69 Å². The SMILES string of the molecule is CC(Nc1cccnc1)c1cc2c(s1)CCCC2. The number of nitrogens with one attached hydrogen (secondary N) is 1. The molecule has 1 N–H and O–H groups in total. The summed E-state index contributed by atoms with van der Waals surface area (Å²) in [5, 5.41) is 3.52. The molecule has 0 radical (unpaired) electrons. The first-order valence-corrected chi connectivity index (χ1v) is 7.42. The molecular formula is C15H18N2S. The van der Waals surface area contributed by atoms with Crippen molar-refractivity contribution in [3.63, 3.8) is 0 Å². The summed E-state index contributed by atoms with van der Waals surface area (Å²) in [5.74, 6) is 0. The summed E-state index contributed by atoms with van der Waals surface area (Å²) in [6, 6.07) is 6.79. The predicted molar refractivity (Wildman–Crippen MR) is 77.2 cm³/mol. The Hall–Kier alpha value is -1.35. The summed E-state index contributed by atoms with van der Waals surface area (Å²) in [5.41, 5.74) is 2.68. The fourth-order valence-corrected chi connectivity index (χ4v) is 3.76. The molecule has 94 valence electrons. The van der Waals surface area contributed by atoms with Crippen LogP contribution in [0.15, 0.2) is 30.6 Å². The second-order valence-electron chi connectivity index (χ2n) is 4.91. The third kappa shape index (κ3) is 2.41. The van der Waals surface area contributed by atoms with E-state index in [-0.39, 0.29) is 0 Å². The van der Waals surface area contributed by atoms with E-state index in [9.17, 15) is 0 Å². The number of hydrogen-bond acceptors (Lipinski definition) is 3. The van der Waals surface area contributed by atoms with Crippen molar-refractivity contribution in [3.05, 3.63) is 45.9 Å². The van der Waals surface area contributed by atoms with Crippen molar-refractivity contribution < 1.29 is 0 Å². The fourth-order valence-electron chi connectivity index (χ4n) is 2.50. The highest BCUT2D eigenvalue weighted by atomic mass is 32.1. The van der Waals surface area contributed by atoms with Crippen molar-refractivity contribution in [1.82, 2.24) is 4.98 Å². The van der Waals surface area contributed by atoms with Crippen LogP contribution in [0.1, 0.15) is 41.1 Å². The Kier molecular flexibility index (Phi) is 3.33. The van der Waals surface area contributed by atoms with Gasteiger partial charge in [0.1, 0.15) is 0 Å². The Bertz CT molecular complexity index is 495. The van der Waals surface area contributed by atoms with Gasteiger partial charge in [-0.3, -0.25) is 4.98 Å². The third-order valence-electron chi connectivity index (χ3n) is 3.49. The molecule has 0 aromatic carbocycles. The molecule has 0 amide bonds. The van der Waals surface area contributed by atoms with E-state index in [2.05, 4.69) is 29.4 Å². The van der Waals surface area contributed by atoms with Gasteiger partial charge in [0.05, 0.1) is 11.7 Å². The number of anilines is 1. The van der Waals surface area contributed by atoms with Crippen LogP contribution < -0.4 is 5.32 Å². The van der Waals surface area contributed by atoms with E-state index in [4.69, 9.17) is 0 Å². The van der Waals surface area contributed by atoms with Gasteiger partial charge in [0.2, 0.25) is 0 Å². The molecule has 1 aliphatic carbocycles. The molecule has 3 rings (SSSR count). The van der Waals surface area contributed by atoms with Gasteiger partial charge in [0.25, 0.3) is 0 Å². The number of pyridine rings is 1. The number of aromatic nitrogens is 1. The maximum atomic E-state index is 4.14. The molecule has 1 atom stereocenters. The van der Waals surface area contributed by atoms with Crippen molar-refractivity contribution in [3.8, 4) is 0 Å². The van der Waals surface area contributed by atoms with Gasteiger partial charge in [-0.1, -0.05) is 0 Å². The Morgan fingerprint density at radius 3 is 3.00 bits per heavy atom. The van der Waals surface area contributed by atoms with Crippen LogP contribution in [0.3, 0.4) is 0 Å². The average Bonchev–Trinajstić information content (AvgIpc) is 2.84. The lowest BCUT2D eigenvalue weighted by molar-refractivity contribution is 0.696. The molecule has 0 aliphatic heterocycles. The first kappa shape index (κ1) is 11.7. The second kappa shape index (κ2) is 5.11. The number of rotatable bonds is 3. The van der Waals surface area contributed by atoms with Gasteiger partial charge in [-0.2, -0.15) is 0 Å². The third-order valence-corrected chi connectivity index (χ3v) is 4.91. The van der Waals surface area contributed by atoms with Gasteiger partial charge in [-0.15, -0.1) is 11.3 Å². The van der Waals surface area contributed by atoms with E-state index in [1.807, 2.05) is 23.6 Å². The van der Waals surface area contributed by atoms with Crippen molar-refractivity contribution in [1.29, 1.82) is 0 Å². The molecule has 1 aliphatic rings. The van der Waals surface area contributed by atoms with Gasteiger partial charge in [-0.25, -0.2) is 0 Å². The molecule has 0 bridgehead atoms. The highest BCUT2D eigenvalue weighted by molar-refractivity contribution is 7.12. The zero-order valence-electron chi connectivity index (χ0n) is 10.6. The van der Waals surface area contributed by atoms with Crippen LogP contribution in [0, 0.1) is 0 Å². The van der Waals surface area contributed by atoms with Gasteiger partial charge < -0.3 is 5.32 Å². The molecular weight excluding hydrogens is 240 g/mol. The van der Waals surface area contributed by atoms with Crippen molar-refractivity contribution in [2.75, 3.05) is 5.32 Å². The summed E-state index contributed by atoms with van der Waals surface area (Å²) >= 11 is 1.98. The molecule has 1 unspecified atom stereocenters. The molecule has 0 spiro atoms. The molecule has 0 fully saturated rings. The summed E-state index contributed by atoms with van der Waals surface area (Å²) in [7, 11) is 0. The standard InChI is InChI=1S/C15H18N2S/c1-11(17-13-6-4-8-16-10-13)15-9-12-5-2-3-7-14(12)18-15/h4,6,8-11,17H,2-3,5,7H2,1H3. The lowest BCUT2D eigenvalue weighted by Crippen LogP contribution is -2.04. The normalized spacial score (nSPS) is 16.1. The molecule has 2 heterocycles. The van der Waals surface area contributed by atoms with Crippen LogP contribution in [0.2, 0.25) is 0 Å². The molecule has 3 heteroatoms. The lowest BCUT2D eigenvalue weighted by Gasteiger charge is -2.12. The second-order valence-corrected chi connectivity index (χ2v) is 6.08. The highest BCUT2D eigenvalue weighted by Crippen LogP contribution is 2.33. The monoisotopic (exact) mass is 258 g/mol. The van der Waals surface area contributed by atoms with Gasteiger partial charge in [0, 0.05) is 22.1 Å². The van der Waals surface area contributed by atoms with E-state index in [1.54, 1.807) is 16.6 Å². The topological polar surface area (TPSA) is 24.9 Å². The van der Waals surface area contributed by atoms with E-state index < -0.39 is 0 Å². The maximum absolute atomic E-state index is 4.14. The summed E-state index contributed by atoms with van der Waals surface area (Å²) in [6.45, 7) is 2.23. The van der Waals surface area contributed by atoms with Crippen LogP contribution in [0.25, 0.3) is 0 Å². The van der Waals surface area contributed by atoms with Crippen LogP contribution in [0.5, 0.6) is 0 Å². The number of fused-ring (bicyclic) bond motifs is 1. The largest absolute Gasteiger partial charge is 0.376 e. The average molecular weight is 258 g/mol. The molecule has 2 aromatic rings. The first-order valence-electron chi connectivity index (χ1n) is 6.61. The minimum absolute atomic E-state index is 0.366. The van der Waals surface area contributed by atoms with Gasteiger partial charge in [0.15, 0.2) is 0 Å². The highest BCUT2D eigenvalue weighted by Gasteiger charge is 2.16. The predicted octanol–water partition coefficient (Wildman–Crippen LogP) is 4.20. The van der Waals surface area contributed by atoms with Crippen LogP contribution in [-0.2, 0) is 12.8 Å². The lowest BCUT2D eigenvalue weighted by atomic mass is 9.99. The summed E-state index contributed by atoms with van der Waals surface area (Å²) < 4.78 is 0. The molecule has 0 saturated heterocycles. The smallest absolute Gasteiger partial charge is 0.0579 e. The zero-order valence-corrected chi connectivity index (χ0v) is 11.5.